The van der Waals surface area contributed by atoms with Gasteiger partial charge in [-0.2, -0.15) is 0 Å². The average Bonchev–Trinajstić information content (AvgIpc) is 3.22. The molecule has 140 valence electrons. The van der Waals surface area contributed by atoms with E-state index in [1.54, 1.807) is 41.8 Å². The minimum Gasteiger partial charge on any atom is -0.348 e. The van der Waals surface area contributed by atoms with Crippen LogP contribution in [0.5, 0.6) is 0 Å². The van der Waals surface area contributed by atoms with Gasteiger partial charge >= 0.3 is 0 Å². The zero-order valence-corrected chi connectivity index (χ0v) is 16.7. The van der Waals surface area contributed by atoms with E-state index in [1.165, 1.54) is 28.3 Å². The first kappa shape index (κ1) is 19.1. The van der Waals surface area contributed by atoms with Crippen molar-refractivity contribution in [3.63, 3.8) is 0 Å². The number of nitrogens with one attached hydrogen (secondary N) is 1. The molecule has 0 bridgehead atoms. The van der Waals surface area contributed by atoms with Crippen molar-refractivity contribution in [2.24, 2.45) is 0 Å². The monoisotopic (exact) mass is 400 g/mol. The van der Waals surface area contributed by atoms with Gasteiger partial charge in [0.2, 0.25) is 0 Å². The summed E-state index contributed by atoms with van der Waals surface area (Å²) >= 11 is 1.17. The number of sulfonamides is 1. The number of hydrogen-bond donors (Lipinski definition) is 1. The summed E-state index contributed by atoms with van der Waals surface area (Å²) in [5.74, 6) is -0.203. The van der Waals surface area contributed by atoms with Crippen molar-refractivity contribution in [3.8, 4) is 0 Å². The Kier molecular flexibility index (Phi) is 5.62. The lowest BCUT2D eigenvalue weighted by molar-refractivity contribution is 0.0951. The van der Waals surface area contributed by atoms with Crippen molar-refractivity contribution in [2.45, 2.75) is 17.7 Å². The molecule has 0 fully saturated rings. The topological polar surface area (TPSA) is 66.5 Å². The Labute approximate surface area is 163 Å². The van der Waals surface area contributed by atoms with Crippen molar-refractivity contribution in [1.82, 2.24) is 5.32 Å². The van der Waals surface area contributed by atoms with Crippen LogP contribution in [0.15, 0.2) is 70.3 Å². The van der Waals surface area contributed by atoms with Gasteiger partial charge in [0.05, 0.1) is 5.69 Å². The first-order valence-corrected chi connectivity index (χ1v) is 10.7. The lowest BCUT2D eigenvalue weighted by atomic mass is 10.1. The van der Waals surface area contributed by atoms with Gasteiger partial charge in [-0.1, -0.05) is 35.9 Å². The smallest absolute Gasteiger partial charge is 0.273 e. The third-order valence-electron chi connectivity index (χ3n) is 4.18. The van der Waals surface area contributed by atoms with Crippen LogP contribution in [-0.2, 0) is 16.6 Å². The van der Waals surface area contributed by atoms with E-state index >= 15 is 0 Å². The average molecular weight is 401 g/mol. The van der Waals surface area contributed by atoms with E-state index in [-0.39, 0.29) is 10.1 Å². The number of benzene rings is 2. The van der Waals surface area contributed by atoms with Crippen LogP contribution in [0.2, 0.25) is 0 Å². The maximum absolute atomic E-state index is 12.6. The van der Waals surface area contributed by atoms with Crippen LogP contribution in [0.3, 0.4) is 0 Å². The molecule has 0 unspecified atom stereocenters. The first-order valence-electron chi connectivity index (χ1n) is 8.34. The Morgan fingerprint density at radius 3 is 2.30 bits per heavy atom. The molecule has 0 spiro atoms. The summed E-state index contributed by atoms with van der Waals surface area (Å²) in [5, 5.41) is 4.59. The summed E-state index contributed by atoms with van der Waals surface area (Å²) in [6.45, 7) is 2.45. The SMILES string of the molecule is Cc1ccc(CNC(=O)c2ccc(N(C)S(=O)(=O)c3cccs3)cc2)cc1. The molecular weight excluding hydrogens is 380 g/mol. The Hall–Kier alpha value is -2.64. The predicted molar refractivity (Wildman–Crippen MR) is 109 cm³/mol. The van der Waals surface area contributed by atoms with Crippen LogP contribution < -0.4 is 9.62 Å². The Morgan fingerprint density at radius 2 is 1.70 bits per heavy atom. The van der Waals surface area contributed by atoms with Gasteiger partial charge in [0.1, 0.15) is 4.21 Å². The largest absolute Gasteiger partial charge is 0.348 e. The second-order valence-corrected chi connectivity index (χ2v) is 9.26. The minimum atomic E-state index is -3.58. The summed E-state index contributed by atoms with van der Waals surface area (Å²) in [7, 11) is -2.08. The molecule has 2 aromatic carbocycles. The van der Waals surface area contributed by atoms with Crippen LogP contribution >= 0.6 is 11.3 Å². The highest BCUT2D eigenvalue weighted by molar-refractivity contribution is 7.94. The van der Waals surface area contributed by atoms with Crippen LogP contribution in [0, 0.1) is 6.92 Å². The summed E-state index contributed by atoms with van der Waals surface area (Å²) in [5.41, 5.74) is 3.17. The molecule has 1 amide bonds. The van der Waals surface area contributed by atoms with Gasteiger partial charge in [-0.25, -0.2) is 8.42 Å². The van der Waals surface area contributed by atoms with Crippen LogP contribution in [0.25, 0.3) is 0 Å². The van der Waals surface area contributed by atoms with E-state index < -0.39 is 10.0 Å². The van der Waals surface area contributed by atoms with Crippen molar-refractivity contribution in [1.29, 1.82) is 0 Å². The number of thiophene rings is 1. The second-order valence-electron chi connectivity index (χ2n) is 6.12. The molecule has 27 heavy (non-hydrogen) atoms. The highest BCUT2D eigenvalue weighted by Crippen LogP contribution is 2.25. The first-order chi connectivity index (χ1) is 12.9. The molecule has 5 nitrogen and oxygen atoms in total. The molecule has 0 aliphatic rings. The summed E-state index contributed by atoms with van der Waals surface area (Å²) in [6, 6.07) is 17.7. The quantitative estimate of drug-likeness (QED) is 0.684. The molecule has 3 rings (SSSR count). The van der Waals surface area contributed by atoms with Gasteiger partial charge in [-0.15, -0.1) is 11.3 Å². The molecule has 0 aliphatic heterocycles. The van der Waals surface area contributed by atoms with Crippen LogP contribution in [0.1, 0.15) is 21.5 Å². The van der Waals surface area contributed by atoms with Crippen LogP contribution in [-0.4, -0.2) is 21.4 Å². The van der Waals surface area contributed by atoms with E-state index in [0.717, 1.165) is 5.56 Å². The predicted octanol–water partition coefficient (Wildman–Crippen LogP) is 3.81. The van der Waals surface area contributed by atoms with Crippen molar-refractivity contribution < 1.29 is 13.2 Å². The fourth-order valence-electron chi connectivity index (χ4n) is 2.50. The van der Waals surface area contributed by atoms with Gasteiger partial charge in [0, 0.05) is 19.2 Å². The molecular formula is C20H20N2O3S2. The Balaban J connectivity index is 1.67. The van der Waals surface area contributed by atoms with Gasteiger partial charge in [0.15, 0.2) is 0 Å². The Morgan fingerprint density at radius 1 is 1.04 bits per heavy atom. The van der Waals surface area contributed by atoms with Crippen molar-refractivity contribution in [3.05, 3.63) is 82.7 Å². The number of carbonyl (C=O) groups is 1. The van der Waals surface area contributed by atoms with Gasteiger partial charge in [-0.05, 0) is 48.2 Å². The van der Waals surface area contributed by atoms with E-state index in [2.05, 4.69) is 5.32 Å². The number of amides is 1. The highest BCUT2D eigenvalue weighted by Gasteiger charge is 2.22. The third-order valence-corrected chi connectivity index (χ3v) is 7.34. The molecule has 3 aromatic rings. The van der Waals surface area contributed by atoms with Gasteiger partial charge in [0.25, 0.3) is 15.9 Å². The van der Waals surface area contributed by atoms with E-state index in [4.69, 9.17) is 0 Å². The maximum Gasteiger partial charge on any atom is 0.273 e. The fraction of sp³-hybridized carbons (Fsp3) is 0.150. The number of hydrogen-bond acceptors (Lipinski definition) is 4. The van der Waals surface area contributed by atoms with E-state index in [9.17, 15) is 13.2 Å². The molecule has 1 aromatic heterocycles. The van der Waals surface area contributed by atoms with Crippen LogP contribution in [0.4, 0.5) is 5.69 Å². The zero-order valence-electron chi connectivity index (χ0n) is 15.0. The lowest BCUT2D eigenvalue weighted by Crippen LogP contribution is -2.26. The highest BCUT2D eigenvalue weighted by atomic mass is 32.2. The minimum absolute atomic E-state index is 0.203. The molecule has 0 atom stereocenters. The summed E-state index contributed by atoms with van der Waals surface area (Å²) in [6.07, 6.45) is 0. The number of aryl methyl sites for hydroxylation is 1. The second kappa shape index (κ2) is 7.94. The van der Waals surface area contributed by atoms with Crippen molar-refractivity contribution in [2.75, 3.05) is 11.4 Å². The standard InChI is InChI=1S/C20H20N2O3S2/c1-15-5-7-16(8-6-15)14-21-20(23)17-9-11-18(12-10-17)22(2)27(24,25)19-4-3-13-26-19/h3-13H,14H2,1-2H3,(H,21,23). The van der Waals surface area contributed by atoms with Gasteiger partial charge < -0.3 is 5.32 Å². The number of anilines is 1. The molecule has 0 saturated carbocycles. The molecule has 7 heteroatoms. The molecule has 0 aliphatic carbocycles. The molecule has 1 N–H and O–H groups in total. The summed E-state index contributed by atoms with van der Waals surface area (Å²) < 4.78 is 26.6. The Bertz CT molecular complexity index is 1010. The maximum atomic E-state index is 12.6. The van der Waals surface area contributed by atoms with Gasteiger partial charge in [-0.3, -0.25) is 9.10 Å². The number of nitrogens with zero attached hydrogens (tertiary/aromatic N) is 1. The molecule has 1 heterocycles. The van der Waals surface area contributed by atoms with Crippen molar-refractivity contribution >= 4 is 33.0 Å². The number of carbonyl (C=O) groups excluding carboxylic acids is 1. The van der Waals surface area contributed by atoms with E-state index in [0.29, 0.717) is 17.8 Å². The molecule has 0 saturated heterocycles. The fourth-order valence-corrected chi connectivity index (χ4v) is 4.85. The lowest BCUT2D eigenvalue weighted by Gasteiger charge is -2.18. The summed E-state index contributed by atoms with van der Waals surface area (Å²) in [4.78, 5) is 12.3. The zero-order chi connectivity index (χ0) is 19.4. The third kappa shape index (κ3) is 4.37. The number of rotatable bonds is 6. The van der Waals surface area contributed by atoms with E-state index in [1.807, 2.05) is 31.2 Å². The molecule has 0 radical (unpaired) electrons. The normalized spacial score (nSPS) is 11.2.